The minimum atomic E-state index is 0.607. The Bertz CT molecular complexity index is 455. The number of ether oxygens (including phenoxy) is 1. The van der Waals surface area contributed by atoms with Gasteiger partial charge in [0.05, 0.1) is 0 Å². The summed E-state index contributed by atoms with van der Waals surface area (Å²) in [5.41, 5.74) is 2.66. The molecule has 2 aliphatic rings. The Balaban J connectivity index is 1.82. The van der Waals surface area contributed by atoms with E-state index in [1.54, 1.807) is 0 Å². The molecular formula is C16H25N3O. The molecule has 3 rings (SSSR count). The van der Waals surface area contributed by atoms with Crippen LogP contribution in [0.3, 0.4) is 0 Å². The summed E-state index contributed by atoms with van der Waals surface area (Å²) in [5, 5.41) is 3.51. The zero-order valence-corrected chi connectivity index (χ0v) is 12.5. The van der Waals surface area contributed by atoms with E-state index in [0.29, 0.717) is 5.92 Å². The van der Waals surface area contributed by atoms with Crippen LogP contribution in [0.4, 0.5) is 5.82 Å². The molecule has 4 heteroatoms. The van der Waals surface area contributed by atoms with Gasteiger partial charge in [0.2, 0.25) is 0 Å². The van der Waals surface area contributed by atoms with Crippen molar-refractivity contribution >= 4 is 5.82 Å². The molecule has 1 fully saturated rings. The molecule has 1 unspecified atom stereocenters. The SMILES string of the molecule is CCCNc1nc(CC2CCOC2)nc2c1CCCC2. The van der Waals surface area contributed by atoms with E-state index in [0.717, 1.165) is 63.5 Å². The maximum absolute atomic E-state index is 5.47. The first-order chi connectivity index (χ1) is 9.86. The third-order valence-electron chi connectivity index (χ3n) is 4.27. The Hall–Kier alpha value is -1.16. The summed E-state index contributed by atoms with van der Waals surface area (Å²) in [5.74, 6) is 2.72. The lowest BCUT2D eigenvalue weighted by Gasteiger charge is -2.20. The first kappa shape index (κ1) is 13.8. The van der Waals surface area contributed by atoms with Crippen LogP contribution in [0.5, 0.6) is 0 Å². The number of hydrogen-bond acceptors (Lipinski definition) is 4. The van der Waals surface area contributed by atoms with Gasteiger partial charge in [-0.2, -0.15) is 0 Å². The van der Waals surface area contributed by atoms with E-state index in [1.165, 1.54) is 24.1 Å². The number of rotatable bonds is 5. The molecule has 1 aliphatic heterocycles. The maximum Gasteiger partial charge on any atom is 0.133 e. The van der Waals surface area contributed by atoms with Gasteiger partial charge in [-0.25, -0.2) is 9.97 Å². The molecule has 0 saturated carbocycles. The molecule has 1 atom stereocenters. The summed E-state index contributed by atoms with van der Waals surface area (Å²) in [6, 6.07) is 0. The van der Waals surface area contributed by atoms with Gasteiger partial charge in [0.15, 0.2) is 0 Å². The number of nitrogens with one attached hydrogen (secondary N) is 1. The van der Waals surface area contributed by atoms with Gasteiger partial charge in [0, 0.05) is 37.4 Å². The lowest BCUT2D eigenvalue weighted by molar-refractivity contribution is 0.185. The van der Waals surface area contributed by atoms with Gasteiger partial charge >= 0.3 is 0 Å². The predicted octanol–water partition coefficient (Wildman–Crippen LogP) is 2.76. The molecule has 2 heterocycles. The molecule has 0 amide bonds. The average Bonchev–Trinajstić information content (AvgIpc) is 2.97. The summed E-state index contributed by atoms with van der Waals surface area (Å²) in [6.07, 6.45) is 8.04. The van der Waals surface area contributed by atoms with Crippen LogP contribution in [-0.2, 0) is 24.0 Å². The summed E-state index contributed by atoms with van der Waals surface area (Å²) < 4.78 is 5.47. The third kappa shape index (κ3) is 3.11. The summed E-state index contributed by atoms with van der Waals surface area (Å²) in [7, 11) is 0. The van der Waals surface area contributed by atoms with Crippen LogP contribution in [0.2, 0.25) is 0 Å². The van der Waals surface area contributed by atoms with Crippen molar-refractivity contribution in [3.8, 4) is 0 Å². The zero-order valence-electron chi connectivity index (χ0n) is 12.5. The van der Waals surface area contributed by atoms with Gasteiger partial charge in [-0.15, -0.1) is 0 Å². The molecule has 0 bridgehead atoms. The smallest absolute Gasteiger partial charge is 0.133 e. The molecule has 110 valence electrons. The van der Waals surface area contributed by atoms with E-state index >= 15 is 0 Å². The largest absolute Gasteiger partial charge is 0.381 e. The molecule has 4 nitrogen and oxygen atoms in total. The van der Waals surface area contributed by atoms with Gasteiger partial charge in [-0.3, -0.25) is 0 Å². The summed E-state index contributed by atoms with van der Waals surface area (Å²) in [6.45, 7) is 4.96. The second kappa shape index (κ2) is 6.53. The molecular weight excluding hydrogens is 250 g/mol. The van der Waals surface area contributed by atoms with Crippen LogP contribution in [0.15, 0.2) is 0 Å². The van der Waals surface area contributed by atoms with Gasteiger partial charge in [-0.1, -0.05) is 6.92 Å². The standard InChI is InChI=1S/C16H25N3O/c1-2-8-17-16-13-5-3-4-6-14(13)18-15(19-16)10-12-7-9-20-11-12/h12H,2-11H2,1H3,(H,17,18,19). The van der Waals surface area contributed by atoms with Gasteiger partial charge in [-0.05, 0) is 44.4 Å². The fourth-order valence-electron chi connectivity index (χ4n) is 3.13. The van der Waals surface area contributed by atoms with Crippen molar-refractivity contribution in [2.45, 2.75) is 51.9 Å². The van der Waals surface area contributed by atoms with Crippen molar-refractivity contribution in [3.05, 3.63) is 17.1 Å². The van der Waals surface area contributed by atoms with Gasteiger partial charge in [0.25, 0.3) is 0 Å². The van der Waals surface area contributed by atoms with Crippen LogP contribution in [0.25, 0.3) is 0 Å². The molecule has 20 heavy (non-hydrogen) atoms. The highest BCUT2D eigenvalue weighted by molar-refractivity contribution is 5.47. The van der Waals surface area contributed by atoms with Crippen molar-refractivity contribution in [3.63, 3.8) is 0 Å². The second-order valence-electron chi connectivity index (χ2n) is 5.98. The highest BCUT2D eigenvalue weighted by Gasteiger charge is 2.21. The fourth-order valence-corrected chi connectivity index (χ4v) is 3.13. The van der Waals surface area contributed by atoms with Crippen molar-refractivity contribution in [1.82, 2.24) is 9.97 Å². The number of nitrogens with zero attached hydrogens (tertiary/aromatic N) is 2. The molecule has 0 spiro atoms. The van der Waals surface area contributed by atoms with E-state index in [-0.39, 0.29) is 0 Å². The van der Waals surface area contributed by atoms with Crippen molar-refractivity contribution in [2.24, 2.45) is 5.92 Å². The van der Waals surface area contributed by atoms with Crippen molar-refractivity contribution in [2.75, 3.05) is 25.1 Å². The number of fused-ring (bicyclic) bond motifs is 1. The van der Waals surface area contributed by atoms with Gasteiger partial charge < -0.3 is 10.1 Å². The van der Waals surface area contributed by atoms with E-state index in [4.69, 9.17) is 14.7 Å². The number of anilines is 1. The zero-order chi connectivity index (χ0) is 13.8. The van der Waals surface area contributed by atoms with Crippen LogP contribution in [-0.4, -0.2) is 29.7 Å². The van der Waals surface area contributed by atoms with Crippen LogP contribution >= 0.6 is 0 Å². The summed E-state index contributed by atoms with van der Waals surface area (Å²) >= 11 is 0. The number of aryl methyl sites for hydroxylation is 1. The van der Waals surface area contributed by atoms with E-state index in [9.17, 15) is 0 Å². The quantitative estimate of drug-likeness (QED) is 0.897. The minimum absolute atomic E-state index is 0.607. The lowest BCUT2D eigenvalue weighted by Crippen LogP contribution is -2.17. The predicted molar refractivity (Wildman–Crippen MR) is 80.1 cm³/mol. The topological polar surface area (TPSA) is 47.0 Å². The Morgan fingerprint density at radius 3 is 2.95 bits per heavy atom. The molecule has 1 aromatic rings. The second-order valence-corrected chi connectivity index (χ2v) is 5.98. The normalized spacial score (nSPS) is 21.8. The van der Waals surface area contributed by atoms with Crippen LogP contribution in [0, 0.1) is 5.92 Å². The number of aromatic nitrogens is 2. The van der Waals surface area contributed by atoms with Crippen molar-refractivity contribution in [1.29, 1.82) is 0 Å². The fraction of sp³-hybridized carbons (Fsp3) is 0.750. The highest BCUT2D eigenvalue weighted by Crippen LogP contribution is 2.27. The van der Waals surface area contributed by atoms with Crippen LogP contribution < -0.4 is 5.32 Å². The molecule has 1 aromatic heterocycles. The Labute approximate surface area is 121 Å². The molecule has 1 N–H and O–H groups in total. The Kier molecular flexibility index (Phi) is 4.51. The molecule has 0 aromatic carbocycles. The maximum atomic E-state index is 5.47. The Morgan fingerprint density at radius 2 is 2.15 bits per heavy atom. The molecule has 1 saturated heterocycles. The lowest BCUT2D eigenvalue weighted by atomic mass is 9.95. The first-order valence-electron chi connectivity index (χ1n) is 8.07. The highest BCUT2D eigenvalue weighted by atomic mass is 16.5. The minimum Gasteiger partial charge on any atom is -0.381 e. The molecule has 1 aliphatic carbocycles. The van der Waals surface area contributed by atoms with Gasteiger partial charge in [0.1, 0.15) is 11.6 Å². The van der Waals surface area contributed by atoms with E-state index in [2.05, 4.69) is 12.2 Å². The monoisotopic (exact) mass is 275 g/mol. The Morgan fingerprint density at radius 1 is 1.25 bits per heavy atom. The first-order valence-corrected chi connectivity index (χ1v) is 8.07. The van der Waals surface area contributed by atoms with Crippen LogP contribution in [0.1, 0.15) is 49.7 Å². The van der Waals surface area contributed by atoms with Crippen molar-refractivity contribution < 1.29 is 4.74 Å². The number of hydrogen-bond donors (Lipinski definition) is 1. The average molecular weight is 275 g/mol. The van der Waals surface area contributed by atoms with E-state index < -0.39 is 0 Å². The third-order valence-corrected chi connectivity index (χ3v) is 4.27. The summed E-state index contributed by atoms with van der Waals surface area (Å²) in [4.78, 5) is 9.65. The van der Waals surface area contributed by atoms with E-state index in [1.807, 2.05) is 0 Å². The molecule has 0 radical (unpaired) electrons.